The Morgan fingerprint density at radius 3 is 2.18 bits per heavy atom. The predicted octanol–water partition coefficient (Wildman–Crippen LogP) is 4.44. The Balaban J connectivity index is 0.877. The van der Waals surface area contributed by atoms with Crippen molar-refractivity contribution in [3.63, 3.8) is 0 Å². The number of carbonyl (C=O) groups excluding carboxylic acids is 2. The molecule has 2 saturated heterocycles. The third-order valence-electron chi connectivity index (χ3n) is 11.1. The third kappa shape index (κ3) is 11.6. The molecule has 0 amide bonds. The summed E-state index contributed by atoms with van der Waals surface area (Å²) < 4.78 is 94.0. The van der Waals surface area contributed by atoms with Gasteiger partial charge >= 0.3 is 28.2 Å². The topological polar surface area (TPSA) is 221 Å². The van der Waals surface area contributed by atoms with Crippen LogP contribution >= 0.6 is 0 Å². The molecule has 5 atom stereocenters. The van der Waals surface area contributed by atoms with Crippen molar-refractivity contribution >= 4 is 33.9 Å². The highest BCUT2D eigenvalue weighted by molar-refractivity contribution is 7.80. The summed E-state index contributed by atoms with van der Waals surface area (Å²) in [5.41, 5.74) is 1.36. The Morgan fingerprint density at radius 2 is 1.57 bits per heavy atom. The van der Waals surface area contributed by atoms with Gasteiger partial charge in [0.1, 0.15) is 48.1 Å². The summed E-state index contributed by atoms with van der Waals surface area (Å²) in [7, 11) is -4.87. The number of aromatic nitrogens is 6. The fourth-order valence-corrected chi connectivity index (χ4v) is 8.23. The van der Waals surface area contributed by atoms with Crippen LogP contribution in [0.3, 0.4) is 0 Å². The van der Waals surface area contributed by atoms with Crippen molar-refractivity contribution in [3.8, 4) is 11.4 Å². The van der Waals surface area contributed by atoms with E-state index in [1.807, 2.05) is 48.5 Å². The fraction of sp³-hybridized carbons (Fsp3) is 0.429. The fourth-order valence-electron chi connectivity index (χ4n) is 7.98. The average molecular weight is 927 g/mol. The minimum atomic E-state index is -4.87. The van der Waals surface area contributed by atoms with Crippen LogP contribution in [0.1, 0.15) is 45.2 Å². The number of esters is 1. The Hall–Kier alpha value is -6.43. The molecular weight excluding hydrogens is 879 g/mol. The molecule has 348 valence electrons. The van der Waals surface area contributed by atoms with E-state index >= 15 is 4.39 Å². The molecule has 0 spiro atoms. The van der Waals surface area contributed by atoms with Crippen LogP contribution in [0.15, 0.2) is 90.5 Å². The SMILES string of the molecule is CC[C@@H](C(C)OC(=O)OC(C)OC(=O)COS(=O)(=O)O)n1ncn(-c2ccc(N3CCN(c4ccc(OC[C@@H]5CO[C@@](Cn6cncn6)(c6ccc(F)cc6F)C5)cc4)CC3)cc2)c1=O. The molecule has 2 aromatic heterocycles. The predicted molar refractivity (Wildman–Crippen MR) is 226 cm³/mol. The van der Waals surface area contributed by atoms with Gasteiger partial charge in [-0.25, -0.2) is 46.3 Å². The minimum Gasteiger partial charge on any atom is -0.493 e. The van der Waals surface area contributed by atoms with Crippen molar-refractivity contribution in [1.29, 1.82) is 0 Å². The lowest BCUT2D eigenvalue weighted by molar-refractivity contribution is -0.171. The maximum atomic E-state index is 15.0. The van der Waals surface area contributed by atoms with Gasteiger partial charge in [0, 0.05) is 62.0 Å². The lowest BCUT2D eigenvalue weighted by Crippen LogP contribution is -2.46. The molecule has 2 unspecified atom stereocenters. The standard InChI is InChI=1S/C42H48F2N8O12S/c1-4-38(28(2)62-41(55)64-29(3)63-39(53)23-61-65(56,57)58)52-40(54)51(27-47-52)34-8-6-32(7-9-34)48-15-17-49(18-16-48)33-10-12-35(13-11-33)59-21-30-20-42(60-22-30,24-50-26-45-25-46-50)36-14-5-31(43)19-37(36)44/h5-14,19,25-30,38H,4,15-18,20-24H2,1-3H3,(H,56,57,58)/t28?,29?,30-,38+,42+/m1/s1. The number of hydrogen-bond donors (Lipinski definition) is 1. The number of nitrogens with zero attached hydrogens (tertiary/aromatic N) is 8. The summed E-state index contributed by atoms with van der Waals surface area (Å²) in [5, 5.41) is 8.45. The van der Waals surface area contributed by atoms with Gasteiger partial charge in [0.15, 0.2) is 6.61 Å². The number of benzene rings is 3. The minimum absolute atomic E-state index is 0.0550. The number of ether oxygens (including phenoxy) is 5. The number of rotatable bonds is 18. The van der Waals surface area contributed by atoms with Gasteiger partial charge in [0.05, 0.1) is 31.5 Å². The molecule has 0 aliphatic carbocycles. The molecule has 0 bridgehead atoms. The molecule has 20 nitrogen and oxygen atoms in total. The van der Waals surface area contributed by atoms with Crippen molar-refractivity contribution in [2.24, 2.45) is 5.92 Å². The number of carbonyl (C=O) groups is 2. The summed E-state index contributed by atoms with van der Waals surface area (Å²) in [5.74, 6) is -1.93. The quantitative estimate of drug-likeness (QED) is 0.0729. The van der Waals surface area contributed by atoms with Crippen LogP contribution in [0.25, 0.3) is 5.69 Å². The maximum absolute atomic E-state index is 15.0. The Bertz CT molecular complexity index is 2570. The molecule has 0 radical (unpaired) electrons. The molecule has 3 aromatic carbocycles. The van der Waals surface area contributed by atoms with Gasteiger partial charge in [0.25, 0.3) is 0 Å². The van der Waals surface area contributed by atoms with Crippen molar-refractivity contribution in [1.82, 2.24) is 29.1 Å². The molecule has 2 aliphatic rings. The average Bonchev–Trinajstić information content (AvgIpc) is 4.04. The van der Waals surface area contributed by atoms with Crippen LogP contribution in [0.4, 0.5) is 25.0 Å². The molecule has 2 aliphatic heterocycles. The third-order valence-corrected chi connectivity index (χ3v) is 11.5. The lowest BCUT2D eigenvalue weighted by atomic mass is 9.87. The van der Waals surface area contributed by atoms with E-state index in [0.29, 0.717) is 37.5 Å². The van der Waals surface area contributed by atoms with Crippen LogP contribution < -0.4 is 20.2 Å². The summed E-state index contributed by atoms with van der Waals surface area (Å²) in [6.45, 7) is 7.30. The first-order chi connectivity index (χ1) is 31.1. The normalized spacial score (nSPS) is 19.1. The Morgan fingerprint density at radius 1 is 0.908 bits per heavy atom. The highest BCUT2D eigenvalue weighted by Gasteiger charge is 2.45. The lowest BCUT2D eigenvalue weighted by Gasteiger charge is -2.37. The number of halogens is 2. The van der Waals surface area contributed by atoms with Gasteiger partial charge in [-0.2, -0.15) is 18.6 Å². The number of anilines is 2. The van der Waals surface area contributed by atoms with E-state index in [4.69, 9.17) is 28.2 Å². The van der Waals surface area contributed by atoms with Gasteiger partial charge in [0.2, 0.25) is 6.29 Å². The van der Waals surface area contributed by atoms with E-state index < -0.39 is 70.5 Å². The van der Waals surface area contributed by atoms with E-state index in [0.717, 1.165) is 43.6 Å². The Kier molecular flexibility index (Phi) is 14.4. The first-order valence-electron chi connectivity index (χ1n) is 20.7. The van der Waals surface area contributed by atoms with Crippen molar-refractivity contribution in [2.45, 2.75) is 64.2 Å². The van der Waals surface area contributed by atoms with Crippen molar-refractivity contribution < 1.29 is 59.2 Å². The first kappa shape index (κ1) is 46.6. The van der Waals surface area contributed by atoms with Crippen molar-refractivity contribution in [2.75, 3.05) is 55.8 Å². The van der Waals surface area contributed by atoms with Crippen LogP contribution in [-0.4, -0.2) is 113 Å². The van der Waals surface area contributed by atoms with E-state index in [9.17, 15) is 27.2 Å². The number of hydrogen-bond acceptors (Lipinski definition) is 16. The molecule has 4 heterocycles. The van der Waals surface area contributed by atoms with Crippen LogP contribution in [0.2, 0.25) is 0 Å². The molecule has 23 heteroatoms. The highest BCUT2D eigenvalue weighted by Crippen LogP contribution is 2.42. The van der Waals surface area contributed by atoms with Gasteiger partial charge in [-0.1, -0.05) is 13.0 Å². The van der Waals surface area contributed by atoms with Gasteiger partial charge < -0.3 is 33.5 Å². The van der Waals surface area contributed by atoms with E-state index in [1.165, 1.54) is 47.3 Å². The monoisotopic (exact) mass is 926 g/mol. The van der Waals surface area contributed by atoms with E-state index in [-0.39, 0.29) is 18.0 Å². The molecule has 7 rings (SSSR count). The van der Waals surface area contributed by atoms with Crippen LogP contribution in [0, 0.1) is 17.6 Å². The van der Waals surface area contributed by atoms with E-state index in [1.54, 1.807) is 18.5 Å². The van der Waals surface area contributed by atoms with Crippen LogP contribution in [0.5, 0.6) is 5.75 Å². The molecule has 2 fully saturated rings. The molecule has 65 heavy (non-hydrogen) atoms. The Labute approximate surface area is 372 Å². The largest absolute Gasteiger partial charge is 0.511 e. The van der Waals surface area contributed by atoms with Gasteiger partial charge in [-0.3, -0.25) is 4.55 Å². The zero-order chi connectivity index (χ0) is 46.3. The second-order valence-corrected chi connectivity index (χ2v) is 16.6. The van der Waals surface area contributed by atoms with Gasteiger partial charge in [-0.05, 0) is 74.4 Å². The second-order valence-electron chi connectivity index (χ2n) is 15.5. The summed E-state index contributed by atoms with van der Waals surface area (Å²) in [4.78, 5) is 46.1. The first-order valence-corrected chi connectivity index (χ1v) is 22.1. The smallest absolute Gasteiger partial charge is 0.493 e. The summed E-state index contributed by atoms with van der Waals surface area (Å²) in [6, 6.07) is 18.2. The zero-order valence-electron chi connectivity index (χ0n) is 35.6. The maximum Gasteiger partial charge on any atom is 0.511 e. The van der Waals surface area contributed by atoms with Crippen LogP contribution in [-0.2, 0) is 50.5 Å². The zero-order valence-corrected chi connectivity index (χ0v) is 36.5. The van der Waals surface area contributed by atoms with Crippen molar-refractivity contribution in [3.05, 3.63) is 113 Å². The highest BCUT2D eigenvalue weighted by atomic mass is 32.3. The second kappa shape index (κ2) is 20.2. The van der Waals surface area contributed by atoms with E-state index in [2.05, 4.69) is 29.2 Å². The molecule has 5 aromatic rings. The summed E-state index contributed by atoms with van der Waals surface area (Å²) in [6.07, 6.45) is 1.48. The number of piperazine rings is 1. The molecule has 0 saturated carbocycles. The molecule has 1 N–H and O–H groups in total. The molecular formula is C42H48F2N8O12S. The summed E-state index contributed by atoms with van der Waals surface area (Å²) >= 11 is 0. The van der Waals surface area contributed by atoms with Gasteiger partial charge in [-0.15, -0.1) is 0 Å².